The second kappa shape index (κ2) is 7.52. The molecule has 5 heteroatoms. The van der Waals surface area contributed by atoms with Crippen molar-refractivity contribution in [3.8, 4) is 0 Å². The molecule has 0 aliphatic carbocycles. The van der Waals surface area contributed by atoms with Gasteiger partial charge in [0.15, 0.2) is 0 Å². The number of amides is 1. The Kier molecular flexibility index (Phi) is 6.30. The molecule has 4 nitrogen and oxygen atoms in total. The number of carbonyl (C=O) groups excluding carboxylic acids is 1. The average molecular weight is 296 g/mol. The first-order valence-corrected chi connectivity index (χ1v) is 7.08. The van der Waals surface area contributed by atoms with Crippen molar-refractivity contribution in [1.29, 1.82) is 0 Å². The van der Waals surface area contributed by atoms with E-state index in [1.807, 2.05) is 20.8 Å². The van der Waals surface area contributed by atoms with Crippen LogP contribution in [0.15, 0.2) is 18.2 Å². The highest BCUT2D eigenvalue weighted by Gasteiger charge is 2.20. The molecule has 21 heavy (non-hydrogen) atoms. The molecule has 2 N–H and O–H groups in total. The minimum absolute atomic E-state index is 0.146. The van der Waals surface area contributed by atoms with Crippen molar-refractivity contribution in [2.75, 3.05) is 19.0 Å². The molecular weight excluding hydrogens is 271 g/mol. The number of halogens is 1. The van der Waals surface area contributed by atoms with E-state index in [1.54, 1.807) is 20.1 Å². The van der Waals surface area contributed by atoms with Gasteiger partial charge in [-0.1, -0.05) is 0 Å². The van der Waals surface area contributed by atoms with Crippen LogP contribution >= 0.6 is 0 Å². The van der Waals surface area contributed by atoms with Crippen LogP contribution in [0.4, 0.5) is 10.1 Å². The molecule has 1 amide bonds. The number of ether oxygens (including phenoxy) is 1. The third-order valence-corrected chi connectivity index (χ3v) is 3.42. The zero-order valence-electron chi connectivity index (χ0n) is 13.4. The molecule has 0 saturated carbocycles. The number of aryl methyl sites for hydroxylation is 1. The summed E-state index contributed by atoms with van der Waals surface area (Å²) in [6, 6.07) is 4.45. The van der Waals surface area contributed by atoms with Crippen molar-refractivity contribution < 1.29 is 13.9 Å². The van der Waals surface area contributed by atoms with Crippen LogP contribution in [-0.2, 0) is 9.53 Å². The van der Waals surface area contributed by atoms with E-state index in [4.69, 9.17) is 4.74 Å². The van der Waals surface area contributed by atoms with E-state index in [1.165, 1.54) is 12.1 Å². The molecule has 1 aromatic rings. The number of benzene rings is 1. The van der Waals surface area contributed by atoms with E-state index in [-0.39, 0.29) is 29.9 Å². The van der Waals surface area contributed by atoms with Crippen LogP contribution in [-0.4, -0.2) is 31.2 Å². The van der Waals surface area contributed by atoms with Crippen LogP contribution in [0.5, 0.6) is 0 Å². The van der Waals surface area contributed by atoms with E-state index in [2.05, 4.69) is 10.6 Å². The summed E-state index contributed by atoms with van der Waals surface area (Å²) >= 11 is 0. The Hall–Kier alpha value is -1.46. The maximum absolute atomic E-state index is 13.0. The fraction of sp³-hybridized carbons (Fsp3) is 0.562. The van der Waals surface area contributed by atoms with Gasteiger partial charge in [0.25, 0.3) is 0 Å². The number of carbonyl (C=O) groups is 1. The lowest BCUT2D eigenvalue weighted by molar-refractivity contribution is -0.115. The van der Waals surface area contributed by atoms with Crippen LogP contribution in [0, 0.1) is 12.7 Å². The van der Waals surface area contributed by atoms with Gasteiger partial charge in [0.2, 0.25) is 5.91 Å². The van der Waals surface area contributed by atoms with Gasteiger partial charge in [0.05, 0.1) is 12.1 Å². The summed E-state index contributed by atoms with van der Waals surface area (Å²) in [6.45, 7) is 7.99. The topological polar surface area (TPSA) is 50.4 Å². The predicted molar refractivity (Wildman–Crippen MR) is 82.9 cm³/mol. The Morgan fingerprint density at radius 2 is 2.10 bits per heavy atom. The summed E-state index contributed by atoms with van der Waals surface area (Å²) in [7, 11) is 1.68. The second-order valence-corrected chi connectivity index (χ2v) is 5.96. The molecule has 118 valence electrons. The number of nitrogens with one attached hydrogen (secondary N) is 2. The Labute approximate surface area is 126 Å². The van der Waals surface area contributed by atoms with Gasteiger partial charge in [-0.3, -0.25) is 4.79 Å². The molecule has 0 unspecified atom stereocenters. The zero-order chi connectivity index (χ0) is 16.0. The molecule has 0 aliphatic heterocycles. The molecule has 0 saturated heterocycles. The molecule has 0 bridgehead atoms. The van der Waals surface area contributed by atoms with Crippen molar-refractivity contribution in [2.45, 2.75) is 45.8 Å². The van der Waals surface area contributed by atoms with E-state index in [9.17, 15) is 9.18 Å². The van der Waals surface area contributed by atoms with E-state index in [0.29, 0.717) is 11.3 Å². The van der Waals surface area contributed by atoms with Gasteiger partial charge >= 0.3 is 0 Å². The first kappa shape index (κ1) is 17.6. The number of hydrogen-bond donors (Lipinski definition) is 2. The Morgan fingerprint density at radius 1 is 1.43 bits per heavy atom. The standard InChI is InChI=1S/C16H25FN2O2/c1-11-8-13(17)6-7-14(11)19-15(20)10-18-12(2)9-16(3,4)21-5/h6-8,12,18H,9-10H2,1-5H3,(H,19,20)/t12-/m1/s1. The Balaban J connectivity index is 2.44. The van der Waals surface area contributed by atoms with E-state index < -0.39 is 0 Å². The van der Waals surface area contributed by atoms with E-state index >= 15 is 0 Å². The van der Waals surface area contributed by atoms with Crippen LogP contribution in [0.3, 0.4) is 0 Å². The second-order valence-electron chi connectivity index (χ2n) is 5.96. The monoisotopic (exact) mass is 296 g/mol. The molecule has 0 aliphatic rings. The minimum atomic E-state index is -0.306. The Bertz CT molecular complexity index is 489. The smallest absolute Gasteiger partial charge is 0.238 e. The molecule has 1 rings (SSSR count). The maximum Gasteiger partial charge on any atom is 0.238 e. The molecule has 0 radical (unpaired) electrons. The first-order valence-electron chi connectivity index (χ1n) is 7.08. The van der Waals surface area contributed by atoms with Gasteiger partial charge in [-0.2, -0.15) is 0 Å². The number of methoxy groups -OCH3 is 1. The SMILES string of the molecule is COC(C)(C)C[C@@H](C)NCC(=O)Nc1ccc(F)cc1C. The van der Waals surface area contributed by atoms with Crippen LogP contribution in [0.1, 0.15) is 32.8 Å². The molecule has 0 spiro atoms. The van der Waals surface area contributed by atoms with Crippen LogP contribution in [0.2, 0.25) is 0 Å². The lowest BCUT2D eigenvalue weighted by Crippen LogP contribution is -2.39. The van der Waals surface area contributed by atoms with Gasteiger partial charge in [0, 0.05) is 18.8 Å². The molecule has 1 aromatic carbocycles. The number of anilines is 1. The number of hydrogen-bond acceptors (Lipinski definition) is 3. The highest BCUT2D eigenvalue weighted by Crippen LogP contribution is 2.16. The van der Waals surface area contributed by atoms with Crippen LogP contribution in [0.25, 0.3) is 0 Å². The summed E-state index contributed by atoms with van der Waals surface area (Å²) < 4.78 is 18.4. The third-order valence-electron chi connectivity index (χ3n) is 3.42. The zero-order valence-corrected chi connectivity index (χ0v) is 13.4. The molecule has 0 fully saturated rings. The number of rotatable bonds is 7. The quantitative estimate of drug-likeness (QED) is 0.813. The molecule has 0 heterocycles. The van der Waals surface area contributed by atoms with E-state index in [0.717, 1.165) is 6.42 Å². The first-order chi connectivity index (χ1) is 9.73. The maximum atomic E-state index is 13.0. The summed E-state index contributed by atoms with van der Waals surface area (Å²) in [5.74, 6) is -0.453. The Morgan fingerprint density at radius 3 is 2.67 bits per heavy atom. The summed E-state index contributed by atoms with van der Waals surface area (Å²) in [6.07, 6.45) is 0.798. The molecular formula is C16H25FN2O2. The summed E-state index contributed by atoms with van der Waals surface area (Å²) in [5.41, 5.74) is 1.11. The fourth-order valence-electron chi connectivity index (χ4n) is 2.12. The highest BCUT2D eigenvalue weighted by atomic mass is 19.1. The average Bonchev–Trinajstić information content (AvgIpc) is 2.39. The third kappa shape index (κ3) is 6.23. The van der Waals surface area contributed by atoms with Crippen LogP contribution < -0.4 is 10.6 Å². The molecule has 1 atom stereocenters. The fourth-order valence-corrected chi connectivity index (χ4v) is 2.12. The van der Waals surface area contributed by atoms with Crippen molar-refractivity contribution in [3.05, 3.63) is 29.6 Å². The van der Waals surface area contributed by atoms with Gasteiger partial charge in [-0.25, -0.2) is 4.39 Å². The van der Waals surface area contributed by atoms with Crippen molar-refractivity contribution >= 4 is 11.6 Å². The minimum Gasteiger partial charge on any atom is -0.379 e. The highest BCUT2D eigenvalue weighted by molar-refractivity contribution is 5.92. The van der Waals surface area contributed by atoms with Crippen molar-refractivity contribution in [3.63, 3.8) is 0 Å². The van der Waals surface area contributed by atoms with Crippen molar-refractivity contribution in [1.82, 2.24) is 5.32 Å². The predicted octanol–water partition coefficient (Wildman–Crippen LogP) is 2.87. The van der Waals surface area contributed by atoms with Gasteiger partial charge in [-0.15, -0.1) is 0 Å². The molecule has 0 aromatic heterocycles. The van der Waals surface area contributed by atoms with Gasteiger partial charge < -0.3 is 15.4 Å². The lowest BCUT2D eigenvalue weighted by atomic mass is 10.00. The largest absolute Gasteiger partial charge is 0.379 e. The van der Waals surface area contributed by atoms with Gasteiger partial charge in [-0.05, 0) is 57.9 Å². The van der Waals surface area contributed by atoms with Crippen molar-refractivity contribution in [2.24, 2.45) is 0 Å². The summed E-state index contributed by atoms with van der Waals surface area (Å²) in [4.78, 5) is 11.9. The normalized spacial score (nSPS) is 13.0. The summed E-state index contributed by atoms with van der Waals surface area (Å²) in [5, 5.41) is 5.93. The van der Waals surface area contributed by atoms with Gasteiger partial charge in [0.1, 0.15) is 5.82 Å². The lowest BCUT2D eigenvalue weighted by Gasteiger charge is -2.27.